The number of aromatic nitrogens is 3. The van der Waals surface area contributed by atoms with Gasteiger partial charge in [-0.2, -0.15) is 0 Å². The largest absolute Gasteiger partial charge is 0.334 e. The molecule has 0 aliphatic rings. The summed E-state index contributed by atoms with van der Waals surface area (Å²) in [4.78, 5) is 24.5. The third kappa shape index (κ3) is 3.44. The number of hydrogen-bond donors (Lipinski definition) is 1. The molecule has 2 aromatic heterocycles. The molecule has 0 aliphatic heterocycles. The minimum absolute atomic E-state index is 0.0686. The molecule has 26 heavy (non-hydrogen) atoms. The van der Waals surface area contributed by atoms with Gasteiger partial charge in [0.2, 0.25) is 0 Å². The van der Waals surface area contributed by atoms with Gasteiger partial charge in [-0.15, -0.1) is 11.3 Å². The molecule has 0 fully saturated rings. The topological polar surface area (TPSA) is 63.1 Å². The molecule has 1 atom stereocenters. The summed E-state index contributed by atoms with van der Waals surface area (Å²) in [5.41, 5.74) is 4.05. The van der Waals surface area contributed by atoms with Crippen LogP contribution in [0.5, 0.6) is 0 Å². The van der Waals surface area contributed by atoms with E-state index in [0.717, 1.165) is 38.0 Å². The fourth-order valence-electron chi connectivity index (χ4n) is 3.07. The second-order valence-corrected chi connectivity index (χ2v) is 8.07. The Morgan fingerprint density at radius 1 is 1.31 bits per heavy atom. The van der Waals surface area contributed by atoms with Crippen molar-refractivity contribution in [2.75, 3.05) is 7.05 Å². The number of thiazole rings is 1. The van der Waals surface area contributed by atoms with Gasteiger partial charge in [-0.3, -0.25) is 0 Å². The Balaban J connectivity index is 1.67. The Morgan fingerprint density at radius 3 is 2.69 bits per heavy atom. The number of amides is 2. The van der Waals surface area contributed by atoms with Crippen molar-refractivity contribution in [2.24, 2.45) is 7.05 Å². The molecule has 3 rings (SSSR count). The lowest BCUT2D eigenvalue weighted by Gasteiger charge is -2.24. The average molecular weight is 372 g/mol. The molecule has 1 unspecified atom stereocenters. The fourth-order valence-corrected chi connectivity index (χ4v) is 3.98. The number of fused-ring (bicyclic) bond motifs is 1. The second kappa shape index (κ2) is 7.07. The first-order valence-electron chi connectivity index (χ1n) is 8.64. The Morgan fingerprint density at radius 2 is 2.04 bits per heavy atom. The van der Waals surface area contributed by atoms with Crippen molar-refractivity contribution >= 4 is 28.4 Å². The molecule has 1 aromatic carbocycles. The first kappa shape index (κ1) is 18.4. The van der Waals surface area contributed by atoms with Gasteiger partial charge in [0.15, 0.2) is 0 Å². The van der Waals surface area contributed by atoms with Crippen LogP contribution in [0, 0.1) is 20.8 Å². The van der Waals surface area contributed by atoms with Gasteiger partial charge in [0.05, 0.1) is 27.8 Å². The zero-order valence-corrected chi connectivity index (χ0v) is 16.9. The number of rotatable bonds is 4. The van der Waals surface area contributed by atoms with E-state index in [4.69, 9.17) is 0 Å². The van der Waals surface area contributed by atoms with E-state index in [1.807, 2.05) is 52.9 Å². The number of imidazole rings is 1. The zero-order valence-electron chi connectivity index (χ0n) is 16.1. The SMILES string of the molecule is Cc1nc(C(C)N(C)C(=O)NCc2ccc3c(c2)nc(C)n3C)c(C)s1. The number of nitrogens with one attached hydrogen (secondary N) is 1. The van der Waals surface area contributed by atoms with Gasteiger partial charge in [0.1, 0.15) is 5.82 Å². The van der Waals surface area contributed by atoms with Gasteiger partial charge in [0, 0.05) is 25.5 Å². The summed E-state index contributed by atoms with van der Waals surface area (Å²) in [6, 6.07) is 5.92. The predicted molar refractivity (Wildman–Crippen MR) is 105 cm³/mol. The molecule has 0 saturated carbocycles. The van der Waals surface area contributed by atoms with Crippen LogP contribution in [0.1, 0.15) is 39.9 Å². The lowest BCUT2D eigenvalue weighted by molar-refractivity contribution is 0.193. The second-order valence-electron chi connectivity index (χ2n) is 6.66. The molecule has 0 radical (unpaired) electrons. The molecule has 0 saturated heterocycles. The number of carbonyl (C=O) groups excluding carboxylic acids is 1. The summed E-state index contributed by atoms with van der Waals surface area (Å²) in [5.74, 6) is 0.976. The Kier molecular flexibility index (Phi) is 5.00. The number of aryl methyl sites for hydroxylation is 4. The van der Waals surface area contributed by atoms with Crippen molar-refractivity contribution in [1.29, 1.82) is 0 Å². The van der Waals surface area contributed by atoms with Crippen LogP contribution in [0.2, 0.25) is 0 Å². The highest BCUT2D eigenvalue weighted by molar-refractivity contribution is 7.11. The normalized spacial score (nSPS) is 12.4. The van der Waals surface area contributed by atoms with E-state index < -0.39 is 0 Å². The maximum atomic E-state index is 12.5. The highest BCUT2D eigenvalue weighted by Crippen LogP contribution is 2.26. The molecule has 7 heteroatoms. The molecular formula is C19H25N5OS. The Hall–Kier alpha value is -2.41. The molecule has 0 aliphatic carbocycles. The smallest absolute Gasteiger partial charge is 0.317 e. The number of nitrogens with zero attached hydrogens (tertiary/aromatic N) is 4. The van der Waals surface area contributed by atoms with Gasteiger partial charge >= 0.3 is 6.03 Å². The van der Waals surface area contributed by atoms with Crippen LogP contribution in [-0.4, -0.2) is 32.5 Å². The van der Waals surface area contributed by atoms with Crippen LogP contribution in [-0.2, 0) is 13.6 Å². The minimum Gasteiger partial charge on any atom is -0.334 e. The fraction of sp³-hybridized carbons (Fsp3) is 0.421. The molecule has 3 aromatic rings. The maximum absolute atomic E-state index is 12.5. The van der Waals surface area contributed by atoms with Crippen LogP contribution in [0.3, 0.4) is 0 Å². The van der Waals surface area contributed by atoms with Gasteiger partial charge in [-0.05, 0) is 45.4 Å². The van der Waals surface area contributed by atoms with Crippen LogP contribution in [0.4, 0.5) is 4.79 Å². The van der Waals surface area contributed by atoms with Gasteiger partial charge in [-0.25, -0.2) is 14.8 Å². The van der Waals surface area contributed by atoms with Gasteiger partial charge in [-0.1, -0.05) is 6.07 Å². The molecule has 6 nitrogen and oxygen atoms in total. The number of hydrogen-bond acceptors (Lipinski definition) is 4. The number of urea groups is 1. The van der Waals surface area contributed by atoms with Crippen LogP contribution >= 0.6 is 11.3 Å². The van der Waals surface area contributed by atoms with E-state index in [9.17, 15) is 4.79 Å². The Bertz CT molecular complexity index is 958. The van der Waals surface area contributed by atoms with Crippen molar-refractivity contribution in [1.82, 2.24) is 24.8 Å². The molecule has 2 heterocycles. The summed E-state index contributed by atoms with van der Waals surface area (Å²) < 4.78 is 2.06. The third-order valence-electron chi connectivity index (χ3n) is 4.85. The number of carbonyl (C=O) groups is 1. The lowest BCUT2D eigenvalue weighted by Crippen LogP contribution is -2.38. The van der Waals surface area contributed by atoms with Crippen LogP contribution in [0.25, 0.3) is 11.0 Å². The first-order chi connectivity index (χ1) is 12.3. The van der Waals surface area contributed by atoms with Crippen LogP contribution in [0.15, 0.2) is 18.2 Å². The molecule has 138 valence electrons. The van der Waals surface area contributed by atoms with Crippen molar-refractivity contribution < 1.29 is 4.79 Å². The van der Waals surface area contributed by atoms with E-state index in [1.165, 1.54) is 0 Å². The molecule has 0 spiro atoms. The zero-order chi connectivity index (χ0) is 19.0. The lowest BCUT2D eigenvalue weighted by atomic mass is 10.2. The molecule has 0 bridgehead atoms. The average Bonchev–Trinajstić information content (AvgIpc) is 3.09. The summed E-state index contributed by atoms with van der Waals surface area (Å²) in [6.45, 7) is 8.50. The molecular weight excluding hydrogens is 346 g/mol. The molecule has 2 amide bonds. The molecule has 1 N–H and O–H groups in total. The standard InChI is InChI=1S/C19H25N5OS/c1-11(18-12(2)26-14(4)22-18)23(5)19(25)20-10-15-7-8-17-16(9-15)21-13(3)24(17)6/h7-9,11H,10H2,1-6H3,(H,20,25). The van der Waals surface area contributed by atoms with Crippen molar-refractivity contribution in [2.45, 2.75) is 40.3 Å². The monoisotopic (exact) mass is 371 g/mol. The Labute approximate surface area is 157 Å². The van der Waals surface area contributed by atoms with E-state index in [-0.39, 0.29) is 12.1 Å². The summed E-state index contributed by atoms with van der Waals surface area (Å²) in [5, 5.41) is 4.01. The van der Waals surface area contributed by atoms with Gasteiger partial charge in [0.25, 0.3) is 0 Å². The van der Waals surface area contributed by atoms with E-state index in [1.54, 1.807) is 23.3 Å². The highest BCUT2D eigenvalue weighted by Gasteiger charge is 2.21. The third-order valence-corrected chi connectivity index (χ3v) is 5.75. The predicted octanol–water partition coefficient (Wildman–Crippen LogP) is 3.86. The summed E-state index contributed by atoms with van der Waals surface area (Å²) >= 11 is 1.66. The van der Waals surface area contributed by atoms with E-state index >= 15 is 0 Å². The highest BCUT2D eigenvalue weighted by atomic mass is 32.1. The van der Waals surface area contributed by atoms with Crippen molar-refractivity contribution in [3.05, 3.63) is 45.2 Å². The quantitative estimate of drug-likeness (QED) is 0.757. The van der Waals surface area contributed by atoms with Gasteiger partial charge < -0.3 is 14.8 Å². The van der Waals surface area contributed by atoms with Crippen molar-refractivity contribution in [3.8, 4) is 0 Å². The summed E-state index contributed by atoms with van der Waals surface area (Å²) in [6.07, 6.45) is 0. The number of benzene rings is 1. The van der Waals surface area contributed by atoms with E-state index in [2.05, 4.69) is 19.9 Å². The minimum atomic E-state index is -0.111. The maximum Gasteiger partial charge on any atom is 0.317 e. The van der Waals surface area contributed by atoms with Crippen LogP contribution < -0.4 is 5.32 Å². The van der Waals surface area contributed by atoms with E-state index in [0.29, 0.717) is 6.54 Å². The summed E-state index contributed by atoms with van der Waals surface area (Å²) in [7, 11) is 3.81. The first-order valence-corrected chi connectivity index (χ1v) is 9.46. The van der Waals surface area contributed by atoms with Crippen molar-refractivity contribution in [3.63, 3.8) is 0 Å².